The predicted octanol–water partition coefficient (Wildman–Crippen LogP) is 38.6. The molecule has 8 rings (SSSR count). The largest absolute Gasteiger partial charge is 0.463 e. The summed E-state index contributed by atoms with van der Waals surface area (Å²) in [4.78, 5) is 41.4. The number of rotatable bonds is 71. The number of thiophene rings is 8. The van der Waals surface area contributed by atoms with Crippen LogP contribution < -0.4 is 0 Å². The molecule has 0 bridgehead atoms. The summed E-state index contributed by atoms with van der Waals surface area (Å²) in [5, 5.41) is 4.99. The molecular weight excluding hydrogens is 1590 g/mol. The molecule has 117 heavy (non-hydrogen) atoms. The average Bonchev–Trinajstić information content (AvgIpc) is 1.57. The van der Waals surface area contributed by atoms with Crippen molar-refractivity contribution in [2.75, 3.05) is 13.2 Å². The molecule has 660 valence electrons. The van der Waals surface area contributed by atoms with Crippen LogP contribution in [0.2, 0.25) is 0 Å². The van der Waals surface area contributed by atoms with Gasteiger partial charge in [0.2, 0.25) is 0 Å². The smallest absolute Gasteiger partial charge is 0.373 e. The summed E-state index contributed by atoms with van der Waals surface area (Å²) in [5.74, 6) is -0.595. The van der Waals surface area contributed by atoms with E-state index in [2.05, 4.69) is 103 Å². The quantitative estimate of drug-likeness (QED) is 0.0214. The van der Waals surface area contributed by atoms with E-state index in [9.17, 15) is 9.59 Å². The lowest BCUT2D eigenvalue weighted by Gasteiger charge is -2.04. The summed E-state index contributed by atoms with van der Waals surface area (Å²) in [6.45, 7) is 19.1. The van der Waals surface area contributed by atoms with Crippen molar-refractivity contribution < 1.29 is 28.7 Å². The third-order valence-electron chi connectivity index (χ3n) is 23.4. The Morgan fingerprint density at radius 1 is 0.291 bits per heavy atom. The number of esters is 2. The number of allylic oxidation sites excluding steroid dienone is 1. The van der Waals surface area contributed by atoms with E-state index in [0.717, 1.165) is 18.9 Å². The van der Waals surface area contributed by atoms with Crippen LogP contribution in [0.4, 0.5) is 0 Å². The molecule has 0 aliphatic heterocycles. The standard InChI is InChI=1S/C53H84O2S4.C44H72S4.C5H8O2.CO2/c1-5-9-12-14-16-18-20-22-24-26-28-30-32-34-36-38-43-45(40-11-7-3)56-50-48(43)58-53-51-49(59-52(50)53)44(46(57-51)41-42-47(54)55-8-4)39-37-35-33-31-29-27-25-23-21-19-17-15-13-10-6-2;1-3-5-7-9-11-13-15-17-19-21-23-25-27-29-31-33-37-35-45-41-39(37)47-44-42-40(48-43(41)44)38(36-46-42)34-32-30-28-26-24-22-20-18-16-14-12-10-8-6-4-2;1-3-5(6)7-4-2;2-1-3/h11,40-42H,5-10,12-39H2,1-4H3;35-36H,3-34H2,1-2H3;3H,1,4H2,2H3;/b40-11+,42-41+;;;. The van der Waals surface area contributed by atoms with Crippen molar-refractivity contribution in [1.82, 2.24) is 0 Å². The van der Waals surface area contributed by atoms with Crippen molar-refractivity contribution in [2.45, 2.75) is 466 Å². The number of aryl methyl sites for hydroxylation is 4. The van der Waals surface area contributed by atoms with Crippen molar-refractivity contribution in [1.29, 1.82) is 0 Å². The van der Waals surface area contributed by atoms with Crippen LogP contribution in [-0.4, -0.2) is 31.3 Å². The highest BCUT2D eigenvalue weighted by atomic mass is 32.1. The van der Waals surface area contributed by atoms with Gasteiger partial charge < -0.3 is 9.47 Å². The molecule has 8 aromatic rings. The zero-order valence-corrected chi connectivity index (χ0v) is 81.9. The van der Waals surface area contributed by atoms with Gasteiger partial charge in [0, 0.05) is 21.9 Å². The molecule has 0 aliphatic carbocycles. The van der Waals surface area contributed by atoms with E-state index >= 15 is 0 Å². The number of unbranched alkanes of at least 4 members (excludes halogenated alkanes) is 56. The van der Waals surface area contributed by atoms with Gasteiger partial charge in [0.05, 0.1) is 69.6 Å². The van der Waals surface area contributed by atoms with Crippen molar-refractivity contribution in [3.05, 3.63) is 67.6 Å². The molecule has 0 saturated carbocycles. The highest BCUT2D eigenvalue weighted by Gasteiger charge is 2.24. The molecule has 0 aliphatic rings. The summed E-state index contributed by atoms with van der Waals surface area (Å²) in [6, 6.07) is 0. The molecule has 0 spiro atoms. The Bertz CT molecular complexity index is 3760. The van der Waals surface area contributed by atoms with Crippen LogP contribution >= 0.6 is 90.7 Å². The van der Waals surface area contributed by atoms with E-state index in [-0.39, 0.29) is 18.1 Å². The summed E-state index contributed by atoms with van der Waals surface area (Å²) in [6.07, 6.45) is 101. The zero-order valence-electron chi connectivity index (χ0n) is 75.3. The Labute approximate surface area is 746 Å². The summed E-state index contributed by atoms with van der Waals surface area (Å²) < 4.78 is 28.3. The molecule has 0 aromatic carbocycles. The Morgan fingerprint density at radius 2 is 0.521 bits per heavy atom. The average molecular weight is 1750 g/mol. The first kappa shape index (κ1) is 104. The molecule has 0 fully saturated rings. The van der Waals surface area contributed by atoms with Gasteiger partial charge in [-0.15, -0.1) is 90.7 Å². The highest BCUT2D eigenvalue weighted by Crippen LogP contribution is 2.54. The molecule has 8 aromatic heterocycles. The number of carbonyl (C=O) groups excluding carboxylic acids is 4. The van der Waals surface area contributed by atoms with Crippen molar-refractivity contribution in [3.63, 3.8) is 0 Å². The second kappa shape index (κ2) is 70.0. The second-order valence-electron chi connectivity index (χ2n) is 33.5. The summed E-state index contributed by atoms with van der Waals surface area (Å²) >= 11 is 16.3. The first-order valence-electron chi connectivity index (χ1n) is 48.7. The van der Waals surface area contributed by atoms with Gasteiger partial charge in [0.25, 0.3) is 0 Å². The number of hydrogen-bond donors (Lipinski definition) is 0. The number of ether oxygens (including phenoxy) is 2. The lowest BCUT2D eigenvalue weighted by molar-refractivity contribution is -0.191. The Hall–Kier alpha value is -3.30. The lowest BCUT2D eigenvalue weighted by Crippen LogP contribution is -1.98. The van der Waals surface area contributed by atoms with Gasteiger partial charge in [-0.3, -0.25) is 0 Å². The minimum Gasteiger partial charge on any atom is -0.463 e. The SMILES string of the molecule is C=CC(=O)OCC.CC/C=C/c1sc2c(sc3c4sc(/C=C/C(=O)OCC)c(CCCCCCCCCCCCCCCCC)c4sc23)c1CCCCCCCCCCCCCCCCC.CCCCCCCCCCCCCCCCCc1csc2c1sc1c3scc(CCCCCCCCCCCCCCCCC)c3sc21.O=C=O. The number of hydrogen-bond acceptors (Lipinski definition) is 14. The number of fused-ring (bicyclic) bond motifs is 10. The van der Waals surface area contributed by atoms with Crippen LogP contribution in [0.1, 0.15) is 472 Å². The van der Waals surface area contributed by atoms with Crippen LogP contribution in [0, 0.1) is 0 Å². The minimum atomic E-state index is -0.359. The van der Waals surface area contributed by atoms with Crippen LogP contribution in [0.3, 0.4) is 0 Å². The van der Waals surface area contributed by atoms with E-state index in [1.165, 1.54) is 443 Å². The van der Waals surface area contributed by atoms with E-state index in [1.54, 1.807) is 62.6 Å². The van der Waals surface area contributed by atoms with Crippen LogP contribution in [-0.2, 0) is 54.3 Å². The molecule has 0 atom stereocenters. The maximum Gasteiger partial charge on any atom is 0.373 e. The van der Waals surface area contributed by atoms with Gasteiger partial charge in [-0.2, -0.15) is 9.59 Å². The molecule has 0 saturated heterocycles. The first-order chi connectivity index (χ1) is 57.7. The molecule has 0 unspecified atom stereocenters. The normalized spacial score (nSPS) is 11.7. The molecule has 6 nitrogen and oxygen atoms in total. The molecule has 0 N–H and O–H groups in total. The Balaban J connectivity index is 0.000000379. The van der Waals surface area contributed by atoms with Crippen molar-refractivity contribution in [3.8, 4) is 0 Å². The van der Waals surface area contributed by atoms with E-state index in [0.29, 0.717) is 13.2 Å². The Kier molecular flexibility index (Phi) is 62.4. The zero-order chi connectivity index (χ0) is 83.7. The van der Waals surface area contributed by atoms with E-state index in [4.69, 9.17) is 14.3 Å². The van der Waals surface area contributed by atoms with E-state index in [1.807, 2.05) is 69.7 Å². The van der Waals surface area contributed by atoms with Gasteiger partial charge >= 0.3 is 18.1 Å². The van der Waals surface area contributed by atoms with Gasteiger partial charge in [-0.05, 0) is 117 Å². The lowest BCUT2D eigenvalue weighted by atomic mass is 10.0. The van der Waals surface area contributed by atoms with Crippen LogP contribution in [0.5, 0.6) is 0 Å². The summed E-state index contributed by atoms with van der Waals surface area (Å²) in [7, 11) is 0. The molecule has 8 heterocycles. The molecule has 14 heteroatoms. The third-order valence-corrected chi connectivity index (χ3v) is 34.4. The van der Waals surface area contributed by atoms with Gasteiger partial charge in [-0.1, -0.05) is 407 Å². The summed E-state index contributed by atoms with van der Waals surface area (Å²) in [5.41, 5.74) is 6.34. The van der Waals surface area contributed by atoms with Crippen LogP contribution in [0.25, 0.3) is 68.6 Å². The fraction of sp³-hybridized carbons (Fsp3) is 0.718. The maximum absolute atomic E-state index is 12.4. The van der Waals surface area contributed by atoms with Crippen LogP contribution in [0.15, 0.2) is 35.6 Å². The second-order valence-corrected chi connectivity index (χ2v) is 41.5. The number of carbonyl (C=O) groups is 2. The molecule has 0 amide bonds. The molecular formula is C103H164O6S8. The van der Waals surface area contributed by atoms with Gasteiger partial charge in [-0.25, -0.2) is 9.59 Å². The fourth-order valence-electron chi connectivity index (χ4n) is 16.5. The van der Waals surface area contributed by atoms with E-state index < -0.39 is 0 Å². The molecule has 0 radical (unpaired) electrons. The fourth-order valence-corrected chi connectivity index (χ4v) is 28.4. The Morgan fingerprint density at radius 3 is 0.778 bits per heavy atom. The monoisotopic (exact) mass is 1750 g/mol. The maximum atomic E-state index is 12.4. The van der Waals surface area contributed by atoms with Gasteiger partial charge in [0.1, 0.15) is 0 Å². The highest BCUT2D eigenvalue weighted by molar-refractivity contribution is 7.45. The first-order valence-corrected chi connectivity index (χ1v) is 55.4. The topological polar surface area (TPSA) is 86.7 Å². The predicted molar refractivity (Wildman–Crippen MR) is 532 cm³/mol. The van der Waals surface area contributed by atoms with Crippen molar-refractivity contribution in [2.24, 2.45) is 0 Å². The van der Waals surface area contributed by atoms with Crippen molar-refractivity contribution >= 4 is 177 Å². The van der Waals surface area contributed by atoms with Gasteiger partial charge in [0.15, 0.2) is 0 Å². The minimum absolute atomic E-state index is 0.236. The third kappa shape index (κ3) is 42.8.